The van der Waals surface area contributed by atoms with E-state index in [2.05, 4.69) is 4.90 Å². The third-order valence-electron chi connectivity index (χ3n) is 6.66. The van der Waals surface area contributed by atoms with Gasteiger partial charge in [0.2, 0.25) is 11.8 Å². The number of carbonyl (C=O) groups is 2. The number of hydrogen-bond acceptors (Lipinski definition) is 6. The average Bonchev–Trinajstić information content (AvgIpc) is 3.42. The van der Waals surface area contributed by atoms with Crippen molar-refractivity contribution < 1.29 is 18.0 Å². The number of amides is 2. The van der Waals surface area contributed by atoms with Crippen molar-refractivity contribution in [2.75, 3.05) is 58.9 Å². The number of sulfonamides is 1. The summed E-state index contributed by atoms with van der Waals surface area (Å²) in [5.74, 6) is 0.229. The molecule has 4 heterocycles. The van der Waals surface area contributed by atoms with E-state index in [9.17, 15) is 18.0 Å². The molecule has 2 amide bonds. The van der Waals surface area contributed by atoms with Gasteiger partial charge in [0.15, 0.2) is 0 Å². The Kier molecular flexibility index (Phi) is 7.86. The summed E-state index contributed by atoms with van der Waals surface area (Å²) in [5, 5.41) is 0. The summed E-state index contributed by atoms with van der Waals surface area (Å²) in [6, 6.07) is 3.40. The molecule has 0 unspecified atom stereocenters. The van der Waals surface area contributed by atoms with Crippen molar-refractivity contribution >= 4 is 33.2 Å². The lowest BCUT2D eigenvalue weighted by molar-refractivity contribution is -0.134. The van der Waals surface area contributed by atoms with Gasteiger partial charge in [0, 0.05) is 57.2 Å². The molecule has 32 heavy (non-hydrogen) atoms. The maximum absolute atomic E-state index is 12.8. The molecule has 0 spiro atoms. The minimum atomic E-state index is -3.42. The van der Waals surface area contributed by atoms with Gasteiger partial charge in [0.1, 0.15) is 4.21 Å². The van der Waals surface area contributed by atoms with Gasteiger partial charge in [0.25, 0.3) is 10.0 Å². The third kappa shape index (κ3) is 5.70. The van der Waals surface area contributed by atoms with Gasteiger partial charge in [-0.15, -0.1) is 11.3 Å². The van der Waals surface area contributed by atoms with E-state index in [0.717, 1.165) is 43.6 Å². The van der Waals surface area contributed by atoms with Crippen molar-refractivity contribution in [3.63, 3.8) is 0 Å². The maximum Gasteiger partial charge on any atom is 0.252 e. The Balaban J connectivity index is 1.24. The van der Waals surface area contributed by atoms with Crippen LogP contribution in [0.4, 0.5) is 0 Å². The molecule has 3 fully saturated rings. The molecule has 178 valence electrons. The van der Waals surface area contributed by atoms with E-state index >= 15 is 0 Å². The Morgan fingerprint density at radius 1 is 0.750 bits per heavy atom. The van der Waals surface area contributed by atoms with E-state index in [4.69, 9.17) is 0 Å². The highest BCUT2D eigenvalue weighted by molar-refractivity contribution is 7.91. The van der Waals surface area contributed by atoms with E-state index in [1.165, 1.54) is 28.5 Å². The average molecular weight is 483 g/mol. The summed E-state index contributed by atoms with van der Waals surface area (Å²) < 4.78 is 27.3. The molecule has 1 aromatic rings. The summed E-state index contributed by atoms with van der Waals surface area (Å²) in [4.78, 5) is 32.1. The largest absolute Gasteiger partial charge is 0.342 e. The molecular weight excluding hydrogens is 448 g/mol. The topological polar surface area (TPSA) is 81.2 Å². The summed E-state index contributed by atoms with van der Waals surface area (Å²) in [6.45, 7) is 5.95. The number of rotatable bonds is 6. The molecule has 1 aromatic heterocycles. The van der Waals surface area contributed by atoms with Crippen LogP contribution in [0.15, 0.2) is 16.3 Å². The van der Waals surface area contributed by atoms with E-state index in [0.29, 0.717) is 50.0 Å². The van der Waals surface area contributed by atoms with Gasteiger partial charge < -0.3 is 9.80 Å². The Bertz CT molecular complexity index is 895. The monoisotopic (exact) mass is 482 g/mol. The first-order chi connectivity index (χ1) is 15.4. The summed E-state index contributed by atoms with van der Waals surface area (Å²) in [5.41, 5.74) is 0. The fraction of sp³-hybridized carbons (Fsp3) is 0.727. The normalized spacial score (nSPS) is 21.6. The summed E-state index contributed by atoms with van der Waals surface area (Å²) in [6.07, 6.45) is 6.65. The van der Waals surface area contributed by atoms with Gasteiger partial charge in [-0.1, -0.05) is 12.8 Å². The second-order valence-corrected chi connectivity index (χ2v) is 12.3. The van der Waals surface area contributed by atoms with Crippen LogP contribution in [0, 0.1) is 0 Å². The predicted molar refractivity (Wildman–Crippen MR) is 124 cm³/mol. The van der Waals surface area contributed by atoms with Gasteiger partial charge in [0.05, 0.1) is 13.0 Å². The van der Waals surface area contributed by atoms with Gasteiger partial charge in [-0.2, -0.15) is 4.31 Å². The van der Waals surface area contributed by atoms with Crippen LogP contribution in [0.1, 0.15) is 43.4 Å². The van der Waals surface area contributed by atoms with Crippen LogP contribution in [-0.2, 0) is 26.0 Å². The fourth-order valence-corrected chi connectivity index (χ4v) is 7.69. The molecule has 0 N–H and O–H groups in total. The zero-order chi connectivity index (χ0) is 22.6. The van der Waals surface area contributed by atoms with Crippen LogP contribution in [0.5, 0.6) is 0 Å². The number of nitrogens with zero attached hydrogens (tertiary/aromatic N) is 4. The second-order valence-electron chi connectivity index (χ2n) is 8.96. The SMILES string of the molecule is O=C(Cc1ccc(S(=O)(=O)N2CCCC2)s1)N1CCN(CC(=O)N2CCCCCC2)CC1. The van der Waals surface area contributed by atoms with Gasteiger partial charge in [-0.25, -0.2) is 8.42 Å². The first kappa shape index (κ1) is 23.7. The molecule has 0 aromatic carbocycles. The minimum Gasteiger partial charge on any atom is -0.342 e. The van der Waals surface area contributed by atoms with Gasteiger partial charge >= 0.3 is 0 Å². The van der Waals surface area contributed by atoms with Crippen molar-refractivity contribution in [2.24, 2.45) is 0 Å². The zero-order valence-electron chi connectivity index (χ0n) is 18.7. The minimum absolute atomic E-state index is 0.0236. The van der Waals surface area contributed by atoms with Crippen LogP contribution in [0.3, 0.4) is 0 Å². The Morgan fingerprint density at radius 2 is 1.34 bits per heavy atom. The van der Waals surface area contributed by atoms with E-state index in [1.54, 1.807) is 12.1 Å². The molecular formula is C22H34N4O4S2. The molecule has 0 atom stereocenters. The number of carbonyl (C=O) groups excluding carboxylic acids is 2. The molecule has 10 heteroatoms. The highest BCUT2D eigenvalue weighted by atomic mass is 32.2. The molecule has 0 aliphatic carbocycles. The summed E-state index contributed by atoms with van der Waals surface area (Å²) >= 11 is 1.21. The lowest BCUT2D eigenvalue weighted by Crippen LogP contribution is -2.52. The van der Waals surface area contributed by atoms with E-state index in [1.807, 2.05) is 9.80 Å². The molecule has 0 bridgehead atoms. The third-order valence-corrected chi connectivity index (χ3v) is 10.1. The van der Waals surface area contributed by atoms with Crippen LogP contribution in [0.2, 0.25) is 0 Å². The first-order valence-corrected chi connectivity index (χ1v) is 14.1. The fourth-order valence-electron chi connectivity index (χ4n) is 4.68. The van der Waals surface area contributed by atoms with Crippen LogP contribution < -0.4 is 0 Å². The molecule has 8 nitrogen and oxygen atoms in total. The summed E-state index contributed by atoms with van der Waals surface area (Å²) in [7, 11) is -3.42. The number of piperazine rings is 1. The van der Waals surface area contributed by atoms with Crippen LogP contribution >= 0.6 is 11.3 Å². The molecule has 0 radical (unpaired) electrons. The van der Waals surface area contributed by atoms with Gasteiger partial charge in [-0.3, -0.25) is 14.5 Å². The molecule has 3 aliphatic rings. The highest BCUT2D eigenvalue weighted by Gasteiger charge is 2.29. The standard InChI is InChI=1S/C22H34N4O4S2/c27-20(17-19-7-8-22(31-19)32(29,30)26-11-5-6-12-26)25-15-13-23(14-16-25)18-21(28)24-9-3-1-2-4-10-24/h7-8H,1-6,9-18H2. The van der Waals surface area contributed by atoms with Gasteiger partial charge in [-0.05, 0) is 37.8 Å². The van der Waals surface area contributed by atoms with Crippen molar-refractivity contribution in [1.29, 1.82) is 0 Å². The maximum atomic E-state index is 12.8. The first-order valence-electron chi connectivity index (χ1n) is 11.8. The molecule has 0 saturated carbocycles. The van der Waals surface area contributed by atoms with Crippen molar-refractivity contribution in [2.45, 2.75) is 49.2 Å². The zero-order valence-corrected chi connectivity index (χ0v) is 20.3. The quantitative estimate of drug-likeness (QED) is 0.616. The predicted octanol–water partition coefficient (Wildman–Crippen LogP) is 1.62. The Labute approximate surface area is 195 Å². The lowest BCUT2D eigenvalue weighted by Gasteiger charge is -2.35. The van der Waals surface area contributed by atoms with Crippen molar-refractivity contribution in [3.8, 4) is 0 Å². The van der Waals surface area contributed by atoms with Crippen LogP contribution in [-0.4, -0.2) is 98.1 Å². The second kappa shape index (κ2) is 10.6. The van der Waals surface area contributed by atoms with Crippen molar-refractivity contribution in [1.82, 2.24) is 19.0 Å². The number of thiophene rings is 1. The van der Waals surface area contributed by atoms with E-state index in [-0.39, 0.29) is 18.2 Å². The highest BCUT2D eigenvalue weighted by Crippen LogP contribution is 2.28. The number of likely N-dealkylation sites (tertiary alicyclic amines) is 1. The smallest absolute Gasteiger partial charge is 0.252 e. The molecule has 4 rings (SSSR count). The van der Waals surface area contributed by atoms with Crippen molar-refractivity contribution in [3.05, 3.63) is 17.0 Å². The molecule has 3 aliphatic heterocycles. The number of hydrogen-bond donors (Lipinski definition) is 0. The molecule has 3 saturated heterocycles. The van der Waals surface area contributed by atoms with Crippen LogP contribution in [0.25, 0.3) is 0 Å². The Hall–Kier alpha value is -1.49. The Morgan fingerprint density at radius 3 is 2.00 bits per heavy atom. The lowest BCUT2D eigenvalue weighted by atomic mass is 10.2. The van der Waals surface area contributed by atoms with E-state index < -0.39 is 10.0 Å².